The number of furan rings is 1. The van der Waals surface area contributed by atoms with Gasteiger partial charge in [0.1, 0.15) is 30.5 Å². The van der Waals surface area contributed by atoms with Gasteiger partial charge in [0.25, 0.3) is 0 Å². The normalized spacial score (nSPS) is 11.2. The van der Waals surface area contributed by atoms with Crippen LogP contribution in [0.25, 0.3) is 5.69 Å². The summed E-state index contributed by atoms with van der Waals surface area (Å²) in [5.74, 6) is 1.32. The Morgan fingerprint density at radius 1 is 0.907 bits per heavy atom. The molecule has 5 rings (SSSR count). The van der Waals surface area contributed by atoms with E-state index in [-0.39, 0.29) is 12.4 Å². The third-order valence-corrected chi connectivity index (χ3v) is 8.47. The molecule has 0 atom stereocenters. The van der Waals surface area contributed by atoms with Crippen LogP contribution >= 0.6 is 59.4 Å². The molecule has 220 valence electrons. The second-order valence-corrected chi connectivity index (χ2v) is 12.6. The van der Waals surface area contributed by atoms with E-state index < -0.39 is 5.91 Å². The Morgan fingerprint density at radius 3 is 2.37 bits per heavy atom. The number of aromatic nitrogens is 1. The van der Waals surface area contributed by atoms with Crippen molar-refractivity contribution in [1.82, 2.24) is 9.99 Å². The SMILES string of the molecule is Cc1ccc(C)n1-c1ccc(OCc2ccc(C(=O)N/N=C/c3cc(Cl)cc(Br)c3OCc3ccc(Br)cc3Br)o2)cc1. The molecule has 3 aromatic carbocycles. The number of aryl methyl sites for hydroxylation is 2. The molecule has 0 saturated carbocycles. The topological polar surface area (TPSA) is 78.0 Å². The maximum absolute atomic E-state index is 12.7. The van der Waals surface area contributed by atoms with E-state index in [0.717, 1.165) is 31.6 Å². The van der Waals surface area contributed by atoms with Gasteiger partial charge in [0.15, 0.2) is 5.76 Å². The molecule has 43 heavy (non-hydrogen) atoms. The van der Waals surface area contributed by atoms with Crippen molar-refractivity contribution in [3.8, 4) is 17.2 Å². The number of benzene rings is 3. The van der Waals surface area contributed by atoms with E-state index in [9.17, 15) is 4.79 Å². The number of hydrazone groups is 1. The summed E-state index contributed by atoms with van der Waals surface area (Å²) in [4.78, 5) is 12.7. The maximum atomic E-state index is 12.7. The lowest BCUT2D eigenvalue weighted by molar-refractivity contribution is 0.0923. The van der Waals surface area contributed by atoms with Crippen molar-refractivity contribution >= 4 is 71.5 Å². The van der Waals surface area contributed by atoms with Crippen LogP contribution in [0.2, 0.25) is 5.02 Å². The van der Waals surface area contributed by atoms with Gasteiger partial charge in [-0.2, -0.15) is 5.10 Å². The molecule has 1 N–H and O–H groups in total. The summed E-state index contributed by atoms with van der Waals surface area (Å²) in [6.45, 7) is 4.61. The highest BCUT2D eigenvalue weighted by atomic mass is 79.9. The molecule has 7 nitrogen and oxygen atoms in total. The van der Waals surface area contributed by atoms with Crippen molar-refractivity contribution in [2.24, 2.45) is 5.10 Å². The number of carbonyl (C=O) groups is 1. The first-order valence-electron chi connectivity index (χ1n) is 13.0. The smallest absolute Gasteiger partial charge is 0.307 e. The number of hydrogen-bond donors (Lipinski definition) is 1. The van der Waals surface area contributed by atoms with Crippen LogP contribution in [-0.2, 0) is 13.2 Å². The Morgan fingerprint density at radius 2 is 1.65 bits per heavy atom. The van der Waals surface area contributed by atoms with Gasteiger partial charge in [0, 0.05) is 42.2 Å². The lowest BCUT2D eigenvalue weighted by atomic mass is 10.2. The Bertz CT molecular complexity index is 1780. The molecule has 5 aromatic rings. The fraction of sp³-hybridized carbons (Fsp3) is 0.125. The zero-order valence-corrected chi connectivity index (χ0v) is 28.6. The van der Waals surface area contributed by atoms with Gasteiger partial charge in [-0.1, -0.05) is 49.5 Å². The molecule has 0 aliphatic carbocycles. The predicted molar refractivity (Wildman–Crippen MR) is 179 cm³/mol. The molecule has 0 aliphatic heterocycles. The van der Waals surface area contributed by atoms with Crippen molar-refractivity contribution in [3.05, 3.63) is 131 Å². The summed E-state index contributed by atoms with van der Waals surface area (Å²) in [7, 11) is 0. The van der Waals surface area contributed by atoms with Crippen LogP contribution in [-0.4, -0.2) is 16.7 Å². The molecular formula is C32H25Br3ClN3O4. The summed E-state index contributed by atoms with van der Waals surface area (Å²) in [6, 6.07) is 24.5. The van der Waals surface area contributed by atoms with Crippen LogP contribution in [0, 0.1) is 13.8 Å². The van der Waals surface area contributed by atoms with Gasteiger partial charge in [-0.05, 0) is 103 Å². The molecular weight excluding hydrogens is 766 g/mol. The van der Waals surface area contributed by atoms with Crippen LogP contribution in [0.4, 0.5) is 0 Å². The zero-order valence-electron chi connectivity index (χ0n) is 23.0. The standard InChI is InChI=1S/C32H25Br3ClN3O4/c1-19-3-4-20(2)39(19)25-7-9-26(10-8-25)41-18-27-11-12-30(43-27)32(40)38-37-16-22-13-24(36)15-29(35)31(22)42-17-21-5-6-23(33)14-28(21)34/h3-16H,17-18H2,1-2H3,(H,38,40)/b37-16+. The van der Waals surface area contributed by atoms with Crippen LogP contribution in [0.5, 0.6) is 11.5 Å². The van der Waals surface area contributed by atoms with Crippen LogP contribution in [0.15, 0.2) is 102 Å². The molecule has 2 heterocycles. The maximum Gasteiger partial charge on any atom is 0.307 e. The minimum Gasteiger partial charge on any atom is -0.487 e. The van der Waals surface area contributed by atoms with E-state index in [1.165, 1.54) is 6.21 Å². The lowest BCUT2D eigenvalue weighted by Gasteiger charge is -2.13. The van der Waals surface area contributed by atoms with Gasteiger partial charge < -0.3 is 18.5 Å². The average Bonchev–Trinajstić information content (AvgIpc) is 3.58. The summed E-state index contributed by atoms with van der Waals surface area (Å²) in [5.41, 5.74) is 7.41. The molecule has 11 heteroatoms. The fourth-order valence-electron chi connectivity index (χ4n) is 4.33. The molecule has 2 aromatic heterocycles. The highest BCUT2D eigenvalue weighted by Crippen LogP contribution is 2.33. The van der Waals surface area contributed by atoms with E-state index in [2.05, 4.69) is 88.9 Å². The molecule has 0 aliphatic rings. The number of nitrogens with one attached hydrogen (secondary N) is 1. The van der Waals surface area contributed by atoms with Crippen molar-refractivity contribution < 1.29 is 18.7 Å². The minimum absolute atomic E-state index is 0.105. The monoisotopic (exact) mass is 787 g/mol. The quantitative estimate of drug-likeness (QED) is 0.113. The van der Waals surface area contributed by atoms with Crippen LogP contribution in [0.3, 0.4) is 0 Å². The highest BCUT2D eigenvalue weighted by molar-refractivity contribution is 9.11. The minimum atomic E-state index is -0.508. The average molecular weight is 791 g/mol. The number of ether oxygens (including phenoxy) is 2. The van der Waals surface area contributed by atoms with Gasteiger partial charge in [0.2, 0.25) is 0 Å². The number of hydrogen-bond acceptors (Lipinski definition) is 5. The number of amides is 1. The van der Waals surface area contributed by atoms with Gasteiger partial charge in [0.05, 0.1) is 10.7 Å². The fourth-order valence-corrected chi connectivity index (χ4v) is 6.44. The molecule has 0 bridgehead atoms. The number of carbonyl (C=O) groups excluding carboxylic acids is 1. The third-order valence-electron chi connectivity index (χ3n) is 6.43. The van der Waals surface area contributed by atoms with Gasteiger partial charge in [-0.15, -0.1) is 0 Å². The number of nitrogens with zero attached hydrogens (tertiary/aromatic N) is 2. The Hall–Kier alpha value is -3.31. The third kappa shape index (κ3) is 7.80. The Labute approximate surface area is 279 Å². The van der Waals surface area contributed by atoms with Crippen molar-refractivity contribution in [2.45, 2.75) is 27.1 Å². The van der Waals surface area contributed by atoms with Crippen molar-refractivity contribution in [3.63, 3.8) is 0 Å². The molecule has 0 radical (unpaired) electrons. The lowest BCUT2D eigenvalue weighted by Crippen LogP contribution is -2.17. The summed E-state index contributed by atoms with van der Waals surface area (Å²) in [6.07, 6.45) is 1.47. The molecule has 0 unspecified atom stereocenters. The largest absolute Gasteiger partial charge is 0.487 e. The second-order valence-electron chi connectivity index (χ2n) is 9.53. The van der Waals surface area contributed by atoms with Gasteiger partial charge in [-0.3, -0.25) is 4.79 Å². The Balaban J connectivity index is 1.18. The first kappa shape index (κ1) is 31.1. The van der Waals surface area contributed by atoms with E-state index in [4.69, 9.17) is 25.5 Å². The first-order chi connectivity index (χ1) is 20.7. The molecule has 0 saturated heterocycles. The van der Waals surface area contributed by atoms with Gasteiger partial charge in [-0.25, -0.2) is 5.43 Å². The van der Waals surface area contributed by atoms with Crippen LogP contribution < -0.4 is 14.9 Å². The molecule has 1 amide bonds. The first-order valence-corrected chi connectivity index (χ1v) is 15.8. The van der Waals surface area contributed by atoms with E-state index >= 15 is 0 Å². The van der Waals surface area contributed by atoms with E-state index in [1.54, 1.807) is 24.3 Å². The van der Waals surface area contributed by atoms with E-state index in [1.807, 2.05) is 42.5 Å². The van der Waals surface area contributed by atoms with Crippen molar-refractivity contribution in [2.75, 3.05) is 0 Å². The predicted octanol–water partition coefficient (Wildman–Crippen LogP) is 9.55. The van der Waals surface area contributed by atoms with Crippen LogP contribution in [0.1, 0.15) is 38.8 Å². The number of rotatable bonds is 10. The Kier molecular flexibility index (Phi) is 10.1. The van der Waals surface area contributed by atoms with Gasteiger partial charge >= 0.3 is 5.91 Å². The summed E-state index contributed by atoms with van der Waals surface area (Å²) < 4.78 is 22.3. The number of halogens is 4. The summed E-state index contributed by atoms with van der Waals surface area (Å²) in [5, 5.41) is 4.58. The zero-order chi connectivity index (χ0) is 30.5. The highest BCUT2D eigenvalue weighted by Gasteiger charge is 2.14. The van der Waals surface area contributed by atoms with E-state index in [0.29, 0.717) is 38.9 Å². The van der Waals surface area contributed by atoms with Crippen molar-refractivity contribution in [1.29, 1.82) is 0 Å². The molecule has 0 fully saturated rings. The summed E-state index contributed by atoms with van der Waals surface area (Å²) >= 11 is 16.8. The second kappa shape index (κ2) is 14.0. The molecule has 0 spiro atoms.